The number of hydrogen-bond acceptors (Lipinski definition) is 0. The largest absolute Gasteiger partial charge is 0.0651 e. The fourth-order valence-corrected chi connectivity index (χ4v) is 3.76. The van der Waals surface area contributed by atoms with Crippen LogP contribution >= 0.6 is 0 Å². The molecule has 0 aromatic heterocycles. The van der Waals surface area contributed by atoms with Gasteiger partial charge in [-0.25, -0.2) is 0 Å². The van der Waals surface area contributed by atoms with Crippen molar-refractivity contribution in [3.8, 4) is 11.1 Å². The van der Waals surface area contributed by atoms with Crippen LogP contribution in [0, 0.1) is 0 Å². The second-order valence-electron chi connectivity index (χ2n) is 7.74. The number of rotatable bonds is 8. The van der Waals surface area contributed by atoms with Crippen LogP contribution < -0.4 is 0 Å². The summed E-state index contributed by atoms with van der Waals surface area (Å²) in [6.45, 7) is 6.79. The zero-order valence-corrected chi connectivity index (χ0v) is 17.0. The van der Waals surface area contributed by atoms with Crippen LogP contribution in [-0.2, 0) is 19.3 Å². The second kappa shape index (κ2) is 9.55. The second-order valence-corrected chi connectivity index (χ2v) is 7.74. The molecule has 0 saturated carbocycles. The predicted octanol–water partition coefficient (Wildman–Crippen LogP) is 7.60. The molecule has 0 aliphatic rings. The van der Waals surface area contributed by atoms with Crippen LogP contribution in [0.5, 0.6) is 0 Å². The van der Waals surface area contributed by atoms with Gasteiger partial charge in [0.15, 0.2) is 0 Å². The molecule has 140 valence electrons. The van der Waals surface area contributed by atoms with Crippen molar-refractivity contribution in [1.29, 1.82) is 0 Å². The zero-order valence-electron chi connectivity index (χ0n) is 17.0. The molecule has 0 saturated heterocycles. The molecule has 0 unspecified atom stereocenters. The fraction of sp³-hybridized carbons (Fsp3) is 0.333. The Morgan fingerprint density at radius 3 is 1.41 bits per heavy atom. The molecular formula is C27H32. The Bertz CT molecular complexity index is 807. The van der Waals surface area contributed by atoms with Crippen molar-refractivity contribution in [1.82, 2.24) is 0 Å². The van der Waals surface area contributed by atoms with Gasteiger partial charge >= 0.3 is 0 Å². The van der Waals surface area contributed by atoms with Crippen molar-refractivity contribution in [2.45, 2.75) is 58.8 Å². The van der Waals surface area contributed by atoms with Crippen LogP contribution in [0.3, 0.4) is 0 Å². The highest BCUT2D eigenvalue weighted by Gasteiger charge is 2.07. The first-order chi connectivity index (χ1) is 13.2. The van der Waals surface area contributed by atoms with Crippen LogP contribution in [0.15, 0.2) is 72.8 Å². The summed E-state index contributed by atoms with van der Waals surface area (Å²) >= 11 is 0. The zero-order chi connectivity index (χ0) is 19.1. The Morgan fingerprint density at radius 2 is 0.963 bits per heavy atom. The Hall–Kier alpha value is -2.34. The summed E-state index contributed by atoms with van der Waals surface area (Å²) in [5, 5.41) is 0. The van der Waals surface area contributed by atoms with Crippen molar-refractivity contribution in [3.63, 3.8) is 0 Å². The molecule has 0 heteroatoms. The third-order valence-electron chi connectivity index (χ3n) is 5.41. The minimum Gasteiger partial charge on any atom is -0.0651 e. The fourth-order valence-electron chi connectivity index (χ4n) is 3.76. The van der Waals surface area contributed by atoms with Gasteiger partial charge in [0.2, 0.25) is 0 Å². The van der Waals surface area contributed by atoms with Gasteiger partial charge in [0.05, 0.1) is 0 Å². The Morgan fingerprint density at radius 1 is 0.556 bits per heavy atom. The summed E-state index contributed by atoms with van der Waals surface area (Å²) in [6.07, 6.45) is 5.84. The van der Waals surface area contributed by atoms with E-state index in [9.17, 15) is 0 Å². The Balaban J connectivity index is 1.64. The van der Waals surface area contributed by atoms with Crippen molar-refractivity contribution in [2.75, 3.05) is 0 Å². The lowest BCUT2D eigenvalue weighted by Gasteiger charge is -2.13. The lowest BCUT2D eigenvalue weighted by atomic mass is 9.92. The first-order valence-electron chi connectivity index (χ1n) is 10.5. The average molecular weight is 357 g/mol. The molecule has 0 bridgehead atoms. The summed E-state index contributed by atoms with van der Waals surface area (Å²) < 4.78 is 0. The summed E-state index contributed by atoms with van der Waals surface area (Å²) in [5.74, 6) is 0.542. The van der Waals surface area contributed by atoms with E-state index in [4.69, 9.17) is 0 Å². The van der Waals surface area contributed by atoms with Crippen LogP contribution in [0.4, 0.5) is 0 Å². The molecule has 0 amide bonds. The maximum atomic E-state index is 2.33. The van der Waals surface area contributed by atoms with Gasteiger partial charge in [-0.3, -0.25) is 0 Å². The van der Waals surface area contributed by atoms with Crippen molar-refractivity contribution in [2.24, 2.45) is 0 Å². The summed E-state index contributed by atoms with van der Waals surface area (Å²) in [5.41, 5.74) is 8.33. The van der Waals surface area contributed by atoms with Gasteiger partial charge in [0.25, 0.3) is 0 Å². The molecule has 0 fully saturated rings. The van der Waals surface area contributed by atoms with Crippen LogP contribution in [0.25, 0.3) is 11.1 Å². The standard InChI is InChI=1S/C27H32/c1-4-6-22-8-14-25(15-9-22)21(3)20-24-12-18-27(19-13-24)26-16-10-23(7-5-2)11-17-26/h8-19,21H,4-7,20H2,1-3H3/t21-/m1/s1. The highest BCUT2D eigenvalue weighted by molar-refractivity contribution is 5.64. The number of benzene rings is 3. The minimum atomic E-state index is 0.542. The van der Waals surface area contributed by atoms with Crippen molar-refractivity contribution in [3.05, 3.63) is 95.1 Å². The van der Waals surface area contributed by atoms with Crippen LogP contribution in [0.1, 0.15) is 61.8 Å². The first-order valence-corrected chi connectivity index (χ1v) is 10.5. The topological polar surface area (TPSA) is 0 Å². The van der Waals surface area contributed by atoms with Gasteiger partial charge in [-0.05, 0) is 58.6 Å². The maximum absolute atomic E-state index is 2.33. The molecule has 0 N–H and O–H groups in total. The SMILES string of the molecule is CCCc1ccc(-c2ccc(C[C@@H](C)c3ccc(CCC)cc3)cc2)cc1. The molecular weight excluding hydrogens is 324 g/mol. The monoisotopic (exact) mass is 356 g/mol. The number of hydrogen-bond donors (Lipinski definition) is 0. The van der Waals surface area contributed by atoms with E-state index in [1.165, 1.54) is 52.6 Å². The summed E-state index contributed by atoms with van der Waals surface area (Å²) in [6, 6.07) is 27.3. The first kappa shape index (κ1) is 19.4. The van der Waals surface area contributed by atoms with Crippen molar-refractivity contribution < 1.29 is 0 Å². The van der Waals surface area contributed by atoms with E-state index in [-0.39, 0.29) is 0 Å². The third-order valence-corrected chi connectivity index (χ3v) is 5.41. The molecule has 27 heavy (non-hydrogen) atoms. The molecule has 0 spiro atoms. The molecule has 0 aliphatic carbocycles. The lowest BCUT2D eigenvalue weighted by molar-refractivity contribution is 0.758. The molecule has 0 radical (unpaired) electrons. The summed E-state index contributed by atoms with van der Waals surface area (Å²) in [7, 11) is 0. The highest BCUT2D eigenvalue weighted by Crippen LogP contribution is 2.25. The maximum Gasteiger partial charge on any atom is -0.0150 e. The van der Waals surface area contributed by atoms with E-state index in [2.05, 4.69) is 93.6 Å². The smallest absolute Gasteiger partial charge is 0.0150 e. The molecule has 3 rings (SSSR count). The van der Waals surface area contributed by atoms with Crippen molar-refractivity contribution >= 4 is 0 Å². The lowest BCUT2D eigenvalue weighted by Crippen LogP contribution is -1.99. The van der Waals surface area contributed by atoms with Gasteiger partial charge in [-0.1, -0.05) is 106 Å². The van der Waals surface area contributed by atoms with Gasteiger partial charge in [0, 0.05) is 0 Å². The van der Waals surface area contributed by atoms with E-state index in [1.807, 2.05) is 0 Å². The summed E-state index contributed by atoms with van der Waals surface area (Å²) in [4.78, 5) is 0. The van der Waals surface area contributed by atoms with Gasteiger partial charge in [0.1, 0.15) is 0 Å². The average Bonchev–Trinajstić information content (AvgIpc) is 2.70. The molecule has 3 aromatic carbocycles. The Labute approximate surface area is 165 Å². The van der Waals surface area contributed by atoms with Gasteiger partial charge in [-0.2, -0.15) is 0 Å². The quantitative estimate of drug-likeness (QED) is 0.390. The minimum absolute atomic E-state index is 0.542. The Kier molecular flexibility index (Phi) is 6.87. The molecule has 0 aliphatic heterocycles. The third kappa shape index (κ3) is 5.32. The van der Waals surface area contributed by atoms with Crippen LogP contribution in [-0.4, -0.2) is 0 Å². The highest BCUT2D eigenvalue weighted by atomic mass is 14.1. The number of aryl methyl sites for hydroxylation is 2. The van der Waals surface area contributed by atoms with Crippen LogP contribution in [0.2, 0.25) is 0 Å². The normalized spacial score (nSPS) is 12.1. The van der Waals surface area contributed by atoms with E-state index >= 15 is 0 Å². The predicted molar refractivity (Wildman–Crippen MR) is 118 cm³/mol. The molecule has 0 heterocycles. The molecule has 1 atom stereocenters. The van der Waals surface area contributed by atoms with E-state index in [1.54, 1.807) is 0 Å². The van der Waals surface area contributed by atoms with Gasteiger partial charge in [-0.15, -0.1) is 0 Å². The van der Waals surface area contributed by atoms with Gasteiger partial charge < -0.3 is 0 Å². The van der Waals surface area contributed by atoms with E-state index in [0.29, 0.717) is 5.92 Å². The van der Waals surface area contributed by atoms with E-state index in [0.717, 1.165) is 12.8 Å². The molecule has 0 nitrogen and oxygen atoms in total. The molecule has 3 aromatic rings. The van der Waals surface area contributed by atoms with E-state index < -0.39 is 0 Å².